The first-order chi connectivity index (χ1) is 7.27. The maximum Gasteiger partial charge on any atom is 0.0682 e. The van der Waals surface area contributed by atoms with E-state index in [-0.39, 0.29) is 5.54 Å². The zero-order valence-corrected chi connectivity index (χ0v) is 9.57. The van der Waals surface area contributed by atoms with Crippen LogP contribution in [0.5, 0.6) is 0 Å². The second-order valence-corrected chi connectivity index (χ2v) is 4.38. The molecule has 0 N–H and O–H groups in total. The quantitative estimate of drug-likeness (QED) is 0.736. The van der Waals surface area contributed by atoms with E-state index in [0.29, 0.717) is 0 Å². The van der Waals surface area contributed by atoms with Gasteiger partial charge in [-0.25, -0.2) is 0 Å². The zero-order valence-electron chi connectivity index (χ0n) is 9.57. The van der Waals surface area contributed by atoms with Gasteiger partial charge in [0.05, 0.1) is 12.6 Å². The molecule has 0 radical (unpaired) electrons. The van der Waals surface area contributed by atoms with Crippen LogP contribution in [0, 0.1) is 0 Å². The van der Waals surface area contributed by atoms with E-state index in [1.807, 2.05) is 0 Å². The first-order valence-corrected chi connectivity index (χ1v) is 5.64. The van der Waals surface area contributed by atoms with Crippen molar-refractivity contribution in [1.82, 2.24) is 5.06 Å². The molecule has 2 nitrogen and oxygen atoms in total. The molecule has 1 atom stereocenters. The summed E-state index contributed by atoms with van der Waals surface area (Å²) < 4.78 is 0. The molecule has 1 aliphatic rings. The van der Waals surface area contributed by atoms with Crippen LogP contribution in [-0.4, -0.2) is 18.7 Å². The molecular formula is C13H19NO. The van der Waals surface area contributed by atoms with Gasteiger partial charge in [-0.05, 0) is 31.7 Å². The number of hydroxylamine groups is 2. The van der Waals surface area contributed by atoms with Crippen LogP contribution < -0.4 is 0 Å². The fourth-order valence-electron chi connectivity index (χ4n) is 2.47. The molecular weight excluding hydrogens is 186 g/mol. The first-order valence-electron chi connectivity index (χ1n) is 5.64. The zero-order chi connectivity index (χ0) is 10.7. The normalized spacial score (nSPS) is 27.9. The SMILES string of the molecule is CON1CCCCC1(C)c1ccccc1. The fraction of sp³-hybridized carbons (Fsp3) is 0.538. The minimum absolute atomic E-state index is 0.0499. The standard InChI is InChI=1S/C13H19NO/c1-13(12-8-4-3-5-9-12)10-6-7-11-14(13)15-2/h3-5,8-9H,6-7,10-11H2,1-2H3. The van der Waals surface area contributed by atoms with Gasteiger partial charge in [0.15, 0.2) is 0 Å². The Morgan fingerprint density at radius 3 is 2.60 bits per heavy atom. The monoisotopic (exact) mass is 205 g/mol. The van der Waals surface area contributed by atoms with Gasteiger partial charge < -0.3 is 4.84 Å². The largest absolute Gasteiger partial charge is 0.301 e. The molecule has 82 valence electrons. The Labute approximate surface area is 91.8 Å². The lowest BCUT2D eigenvalue weighted by Crippen LogP contribution is -2.46. The summed E-state index contributed by atoms with van der Waals surface area (Å²) in [5.41, 5.74) is 1.40. The summed E-state index contributed by atoms with van der Waals surface area (Å²) in [7, 11) is 1.77. The van der Waals surface area contributed by atoms with Crippen molar-refractivity contribution in [2.24, 2.45) is 0 Å². The van der Waals surface area contributed by atoms with Crippen LogP contribution in [0.2, 0.25) is 0 Å². The van der Waals surface area contributed by atoms with E-state index in [1.54, 1.807) is 7.11 Å². The average Bonchev–Trinajstić information content (AvgIpc) is 2.31. The van der Waals surface area contributed by atoms with Gasteiger partial charge in [-0.2, -0.15) is 5.06 Å². The Morgan fingerprint density at radius 2 is 1.93 bits per heavy atom. The lowest BCUT2D eigenvalue weighted by Gasteiger charge is -2.43. The molecule has 0 spiro atoms. The van der Waals surface area contributed by atoms with Crippen molar-refractivity contribution in [3.05, 3.63) is 35.9 Å². The van der Waals surface area contributed by atoms with Crippen molar-refractivity contribution in [1.29, 1.82) is 0 Å². The lowest BCUT2D eigenvalue weighted by atomic mass is 9.84. The summed E-state index contributed by atoms with van der Waals surface area (Å²) in [4.78, 5) is 5.49. The van der Waals surface area contributed by atoms with E-state index in [2.05, 4.69) is 42.3 Å². The third kappa shape index (κ3) is 1.92. The Morgan fingerprint density at radius 1 is 1.20 bits per heavy atom. The van der Waals surface area contributed by atoms with Crippen LogP contribution in [-0.2, 0) is 10.4 Å². The van der Waals surface area contributed by atoms with Gasteiger partial charge in [0.2, 0.25) is 0 Å². The number of nitrogens with zero attached hydrogens (tertiary/aromatic N) is 1. The predicted octanol–water partition coefficient (Wildman–Crippen LogP) is 2.95. The highest BCUT2D eigenvalue weighted by Crippen LogP contribution is 2.36. The molecule has 1 saturated heterocycles. The van der Waals surface area contributed by atoms with Crippen LogP contribution in [0.3, 0.4) is 0 Å². The molecule has 0 aromatic heterocycles. The number of hydrogen-bond donors (Lipinski definition) is 0. The van der Waals surface area contributed by atoms with Crippen LogP contribution in [0.15, 0.2) is 30.3 Å². The Balaban J connectivity index is 2.30. The van der Waals surface area contributed by atoms with Crippen molar-refractivity contribution >= 4 is 0 Å². The maximum atomic E-state index is 5.49. The summed E-state index contributed by atoms with van der Waals surface area (Å²) in [5, 5.41) is 2.12. The molecule has 1 unspecified atom stereocenters. The highest BCUT2D eigenvalue weighted by Gasteiger charge is 2.36. The highest BCUT2D eigenvalue weighted by molar-refractivity contribution is 5.23. The van der Waals surface area contributed by atoms with Gasteiger partial charge in [-0.15, -0.1) is 0 Å². The van der Waals surface area contributed by atoms with Crippen molar-refractivity contribution in [3.8, 4) is 0 Å². The van der Waals surface area contributed by atoms with E-state index in [4.69, 9.17) is 4.84 Å². The fourth-order valence-corrected chi connectivity index (χ4v) is 2.47. The maximum absolute atomic E-state index is 5.49. The molecule has 2 rings (SSSR count). The van der Waals surface area contributed by atoms with Crippen molar-refractivity contribution in [3.63, 3.8) is 0 Å². The number of hydrogen-bond acceptors (Lipinski definition) is 2. The molecule has 15 heavy (non-hydrogen) atoms. The van der Waals surface area contributed by atoms with Gasteiger partial charge in [0.25, 0.3) is 0 Å². The van der Waals surface area contributed by atoms with E-state index in [9.17, 15) is 0 Å². The van der Waals surface area contributed by atoms with E-state index in [0.717, 1.165) is 6.54 Å². The van der Waals surface area contributed by atoms with Crippen molar-refractivity contribution < 1.29 is 4.84 Å². The Bertz CT molecular complexity index is 312. The Kier molecular flexibility index (Phi) is 3.08. The molecule has 0 bridgehead atoms. The molecule has 1 aliphatic heterocycles. The molecule has 1 fully saturated rings. The predicted molar refractivity (Wildman–Crippen MR) is 61.4 cm³/mol. The van der Waals surface area contributed by atoms with Crippen LogP contribution in [0.25, 0.3) is 0 Å². The number of benzene rings is 1. The first kappa shape index (κ1) is 10.7. The van der Waals surface area contributed by atoms with Gasteiger partial charge in [0.1, 0.15) is 0 Å². The number of piperidine rings is 1. The van der Waals surface area contributed by atoms with Gasteiger partial charge >= 0.3 is 0 Å². The van der Waals surface area contributed by atoms with E-state index in [1.165, 1.54) is 24.8 Å². The molecule has 1 heterocycles. The van der Waals surface area contributed by atoms with Crippen molar-refractivity contribution in [2.75, 3.05) is 13.7 Å². The second kappa shape index (κ2) is 4.33. The Hall–Kier alpha value is -0.860. The second-order valence-electron chi connectivity index (χ2n) is 4.38. The van der Waals surface area contributed by atoms with E-state index >= 15 is 0 Å². The van der Waals surface area contributed by atoms with Gasteiger partial charge in [-0.3, -0.25) is 0 Å². The smallest absolute Gasteiger partial charge is 0.0682 e. The van der Waals surface area contributed by atoms with Crippen molar-refractivity contribution in [2.45, 2.75) is 31.7 Å². The minimum atomic E-state index is 0.0499. The molecule has 0 saturated carbocycles. The summed E-state index contributed by atoms with van der Waals surface area (Å²) in [5.74, 6) is 0. The lowest BCUT2D eigenvalue weighted by molar-refractivity contribution is -0.216. The summed E-state index contributed by atoms with van der Waals surface area (Å²) in [6.07, 6.45) is 3.69. The summed E-state index contributed by atoms with van der Waals surface area (Å²) >= 11 is 0. The molecule has 0 aliphatic carbocycles. The molecule has 1 aromatic rings. The third-order valence-electron chi connectivity index (χ3n) is 3.44. The number of rotatable bonds is 2. The highest BCUT2D eigenvalue weighted by atomic mass is 16.7. The van der Waals surface area contributed by atoms with E-state index < -0.39 is 0 Å². The topological polar surface area (TPSA) is 12.5 Å². The van der Waals surface area contributed by atoms with Crippen LogP contribution in [0.4, 0.5) is 0 Å². The minimum Gasteiger partial charge on any atom is -0.301 e. The summed E-state index contributed by atoms with van der Waals surface area (Å²) in [6, 6.07) is 10.6. The average molecular weight is 205 g/mol. The molecule has 1 aromatic carbocycles. The molecule has 0 amide bonds. The van der Waals surface area contributed by atoms with Gasteiger partial charge in [0, 0.05) is 6.54 Å². The van der Waals surface area contributed by atoms with Crippen LogP contribution in [0.1, 0.15) is 31.7 Å². The third-order valence-corrected chi connectivity index (χ3v) is 3.44. The summed E-state index contributed by atoms with van der Waals surface area (Å²) in [6.45, 7) is 3.30. The van der Waals surface area contributed by atoms with Crippen LogP contribution >= 0.6 is 0 Å². The van der Waals surface area contributed by atoms with Gasteiger partial charge in [-0.1, -0.05) is 30.3 Å². The molecule has 2 heteroatoms.